The fourth-order valence-electron chi connectivity index (χ4n) is 4.71. The fraction of sp³-hybridized carbons (Fsp3) is 0.400. The number of nitrogen functional groups attached to an aromatic ring is 1. The molecule has 4 rings (SSSR count). The van der Waals surface area contributed by atoms with Gasteiger partial charge in [-0.1, -0.05) is 6.92 Å². The third-order valence-electron chi connectivity index (χ3n) is 6.53. The minimum absolute atomic E-state index is 0.0135. The number of anilines is 1. The van der Waals surface area contributed by atoms with Gasteiger partial charge in [-0.05, 0) is 55.2 Å². The number of hydrogen-bond acceptors (Lipinski definition) is 6. The van der Waals surface area contributed by atoms with E-state index < -0.39 is 6.04 Å². The molecular weight excluding hydrogens is 434 g/mol. The van der Waals surface area contributed by atoms with Crippen molar-refractivity contribution in [2.75, 3.05) is 25.4 Å². The van der Waals surface area contributed by atoms with Crippen LogP contribution in [0.25, 0.3) is 0 Å². The Kier molecular flexibility index (Phi) is 6.90. The van der Waals surface area contributed by atoms with Gasteiger partial charge in [0.25, 0.3) is 11.8 Å². The van der Waals surface area contributed by atoms with Crippen molar-refractivity contribution in [1.82, 2.24) is 20.1 Å². The predicted octanol–water partition coefficient (Wildman–Crippen LogP) is 1.50. The van der Waals surface area contributed by atoms with E-state index in [0.717, 1.165) is 0 Å². The number of amides is 3. The summed E-state index contributed by atoms with van der Waals surface area (Å²) >= 11 is 0. The molecule has 1 aromatic heterocycles. The summed E-state index contributed by atoms with van der Waals surface area (Å²) < 4.78 is 0. The normalized spacial score (nSPS) is 20.2. The van der Waals surface area contributed by atoms with Crippen molar-refractivity contribution in [3.8, 4) is 0 Å². The molecule has 2 fully saturated rings. The van der Waals surface area contributed by atoms with E-state index in [1.807, 2.05) is 6.92 Å². The first kappa shape index (κ1) is 23.4. The summed E-state index contributed by atoms with van der Waals surface area (Å²) in [6.45, 7) is 2.86. The first-order valence-corrected chi connectivity index (χ1v) is 11.5. The molecule has 0 spiro atoms. The zero-order valence-electron chi connectivity index (χ0n) is 19.1. The summed E-state index contributed by atoms with van der Waals surface area (Å²) in [5.74, 6) is -0.572. The molecule has 3 N–H and O–H groups in total. The summed E-state index contributed by atoms with van der Waals surface area (Å²) in [7, 11) is 0. The standard InChI is InChI=1S/C25H29N5O4/c1-16(8-11-28-24(33)17-4-6-19(26)7-5-17)13-22(32)29-12-9-20-23(29)21(31)15-30(20)25(34)18-3-2-10-27-14-18/h2-7,10,14,16,20,23H,8-9,11-13,15,26H2,1H3,(H,28,33). The Labute approximate surface area is 198 Å². The summed E-state index contributed by atoms with van der Waals surface area (Å²) in [5, 5.41) is 2.86. The van der Waals surface area contributed by atoms with Gasteiger partial charge >= 0.3 is 0 Å². The molecule has 3 heterocycles. The van der Waals surface area contributed by atoms with E-state index in [9.17, 15) is 19.2 Å². The van der Waals surface area contributed by atoms with Crippen LogP contribution in [0.3, 0.4) is 0 Å². The van der Waals surface area contributed by atoms with Crippen LogP contribution in [0.1, 0.15) is 46.9 Å². The third-order valence-corrected chi connectivity index (χ3v) is 6.53. The van der Waals surface area contributed by atoms with Crippen LogP contribution < -0.4 is 11.1 Å². The van der Waals surface area contributed by atoms with E-state index >= 15 is 0 Å². The zero-order chi connectivity index (χ0) is 24.2. The van der Waals surface area contributed by atoms with Crippen LogP contribution in [-0.4, -0.2) is 70.0 Å². The molecule has 9 heteroatoms. The van der Waals surface area contributed by atoms with Crippen LogP contribution in [-0.2, 0) is 9.59 Å². The number of pyridine rings is 1. The van der Waals surface area contributed by atoms with Gasteiger partial charge in [0.05, 0.1) is 18.2 Å². The van der Waals surface area contributed by atoms with Gasteiger partial charge in [-0.3, -0.25) is 24.2 Å². The quantitative estimate of drug-likeness (QED) is 0.600. The molecule has 0 aliphatic carbocycles. The molecule has 2 aromatic rings. The average molecular weight is 464 g/mol. The maximum absolute atomic E-state index is 13.0. The number of hydrogen-bond donors (Lipinski definition) is 2. The topological polar surface area (TPSA) is 126 Å². The number of likely N-dealkylation sites (tertiary alicyclic amines) is 2. The Hall–Kier alpha value is -3.75. The molecule has 178 valence electrons. The lowest BCUT2D eigenvalue weighted by molar-refractivity contribution is -0.137. The average Bonchev–Trinajstić information content (AvgIpc) is 3.41. The van der Waals surface area contributed by atoms with Crippen molar-refractivity contribution >= 4 is 29.2 Å². The summed E-state index contributed by atoms with van der Waals surface area (Å²) in [5.41, 5.74) is 7.21. The number of aromatic nitrogens is 1. The van der Waals surface area contributed by atoms with Gasteiger partial charge in [-0.25, -0.2) is 0 Å². The molecule has 0 radical (unpaired) electrons. The number of fused-ring (bicyclic) bond motifs is 1. The summed E-state index contributed by atoms with van der Waals surface area (Å²) in [4.78, 5) is 58.0. The van der Waals surface area contributed by atoms with Gasteiger partial charge < -0.3 is 20.9 Å². The van der Waals surface area contributed by atoms with Crippen molar-refractivity contribution in [2.45, 2.75) is 38.3 Å². The number of nitrogens with one attached hydrogen (secondary N) is 1. The lowest BCUT2D eigenvalue weighted by atomic mass is 10.0. The predicted molar refractivity (Wildman–Crippen MR) is 126 cm³/mol. The number of rotatable bonds is 7. The maximum atomic E-state index is 13.0. The number of ketones is 1. The van der Waals surface area contributed by atoms with E-state index in [1.54, 1.807) is 52.4 Å². The number of benzene rings is 1. The van der Waals surface area contributed by atoms with E-state index in [-0.39, 0.29) is 48.4 Å². The highest BCUT2D eigenvalue weighted by Gasteiger charge is 2.51. The van der Waals surface area contributed by atoms with Crippen LogP contribution in [0.2, 0.25) is 0 Å². The van der Waals surface area contributed by atoms with Crippen molar-refractivity contribution < 1.29 is 19.2 Å². The molecule has 3 amide bonds. The minimum Gasteiger partial charge on any atom is -0.399 e. The molecule has 0 saturated carbocycles. The van der Waals surface area contributed by atoms with Gasteiger partial charge in [0.1, 0.15) is 6.04 Å². The number of carbonyl (C=O) groups excluding carboxylic acids is 4. The highest BCUT2D eigenvalue weighted by Crippen LogP contribution is 2.31. The van der Waals surface area contributed by atoms with Crippen LogP contribution in [0.5, 0.6) is 0 Å². The highest BCUT2D eigenvalue weighted by atomic mass is 16.2. The Morgan fingerprint density at radius 1 is 1.15 bits per heavy atom. The first-order chi connectivity index (χ1) is 16.3. The zero-order valence-corrected chi connectivity index (χ0v) is 19.1. The molecule has 2 aliphatic heterocycles. The Balaban J connectivity index is 1.28. The van der Waals surface area contributed by atoms with E-state index in [4.69, 9.17) is 5.73 Å². The highest BCUT2D eigenvalue weighted by molar-refractivity contribution is 6.02. The molecule has 3 unspecified atom stereocenters. The Morgan fingerprint density at radius 2 is 1.91 bits per heavy atom. The molecule has 0 bridgehead atoms. The largest absolute Gasteiger partial charge is 0.399 e. The lowest BCUT2D eigenvalue weighted by Crippen LogP contribution is -2.44. The monoisotopic (exact) mass is 463 g/mol. The Morgan fingerprint density at radius 3 is 2.62 bits per heavy atom. The Bertz CT molecular complexity index is 1070. The SMILES string of the molecule is CC(CCNC(=O)c1ccc(N)cc1)CC(=O)N1CCC2C1C(=O)CN2C(=O)c1cccnc1. The molecule has 3 atom stereocenters. The second-order valence-corrected chi connectivity index (χ2v) is 9.00. The second-order valence-electron chi connectivity index (χ2n) is 9.00. The molecule has 2 aliphatic rings. The van der Waals surface area contributed by atoms with E-state index in [0.29, 0.717) is 42.7 Å². The van der Waals surface area contributed by atoms with Gasteiger partial charge in [-0.2, -0.15) is 0 Å². The van der Waals surface area contributed by atoms with Crippen LogP contribution in [0.15, 0.2) is 48.8 Å². The summed E-state index contributed by atoms with van der Waals surface area (Å²) in [6.07, 6.45) is 4.58. The van der Waals surface area contributed by atoms with Crippen molar-refractivity contribution in [3.05, 3.63) is 59.9 Å². The van der Waals surface area contributed by atoms with Crippen molar-refractivity contribution in [2.24, 2.45) is 5.92 Å². The molecular formula is C25H29N5O4. The van der Waals surface area contributed by atoms with Crippen molar-refractivity contribution in [1.29, 1.82) is 0 Å². The number of nitrogens with zero attached hydrogens (tertiary/aromatic N) is 3. The third kappa shape index (κ3) is 4.93. The lowest BCUT2D eigenvalue weighted by Gasteiger charge is -2.25. The second kappa shape index (κ2) is 10.0. The number of nitrogens with two attached hydrogens (primary N) is 1. The van der Waals surface area contributed by atoms with Gasteiger partial charge in [0.2, 0.25) is 5.91 Å². The number of Topliss-reactive ketones (excluding diaryl/α,β-unsaturated/α-hetero) is 1. The molecule has 34 heavy (non-hydrogen) atoms. The number of carbonyl (C=O) groups is 4. The molecule has 9 nitrogen and oxygen atoms in total. The van der Waals surface area contributed by atoms with Gasteiger partial charge in [-0.15, -0.1) is 0 Å². The summed E-state index contributed by atoms with van der Waals surface area (Å²) in [6, 6.07) is 9.19. The van der Waals surface area contributed by atoms with E-state index in [2.05, 4.69) is 10.3 Å². The van der Waals surface area contributed by atoms with Crippen LogP contribution in [0, 0.1) is 5.92 Å². The fourth-order valence-corrected chi connectivity index (χ4v) is 4.71. The van der Waals surface area contributed by atoms with Crippen LogP contribution >= 0.6 is 0 Å². The van der Waals surface area contributed by atoms with Gasteiger partial charge in [0, 0.05) is 43.2 Å². The van der Waals surface area contributed by atoms with Crippen LogP contribution in [0.4, 0.5) is 5.69 Å². The minimum atomic E-state index is -0.578. The molecule has 1 aromatic carbocycles. The molecule has 2 saturated heterocycles. The van der Waals surface area contributed by atoms with E-state index in [1.165, 1.54) is 6.20 Å². The maximum Gasteiger partial charge on any atom is 0.256 e. The smallest absolute Gasteiger partial charge is 0.256 e. The van der Waals surface area contributed by atoms with Gasteiger partial charge in [0.15, 0.2) is 5.78 Å². The first-order valence-electron chi connectivity index (χ1n) is 11.5. The van der Waals surface area contributed by atoms with Crippen molar-refractivity contribution in [3.63, 3.8) is 0 Å².